The SMILES string of the molecule is CC(C)C(O)CC(=O)Nc1ccc(N(C)C(C)C)c(F)c1. The lowest BCUT2D eigenvalue weighted by Gasteiger charge is -2.24. The summed E-state index contributed by atoms with van der Waals surface area (Å²) >= 11 is 0. The van der Waals surface area contributed by atoms with E-state index in [4.69, 9.17) is 0 Å². The normalized spacial score (nSPS) is 12.6. The second-order valence-electron chi connectivity index (χ2n) is 5.93. The fourth-order valence-corrected chi connectivity index (χ4v) is 1.79. The number of aliphatic hydroxyl groups is 1. The van der Waals surface area contributed by atoms with Crippen molar-refractivity contribution < 1.29 is 14.3 Å². The standard InChI is InChI=1S/C16H25FN2O2/c1-10(2)15(20)9-16(21)18-12-6-7-14(13(17)8-12)19(5)11(3)4/h6-8,10-11,15,20H,9H2,1-5H3,(H,18,21). The highest BCUT2D eigenvalue weighted by molar-refractivity contribution is 5.91. The van der Waals surface area contributed by atoms with Crippen LogP contribution in [0.25, 0.3) is 0 Å². The van der Waals surface area contributed by atoms with Crippen LogP contribution in [0, 0.1) is 11.7 Å². The number of carbonyl (C=O) groups is 1. The van der Waals surface area contributed by atoms with Gasteiger partial charge in [0.15, 0.2) is 0 Å². The number of anilines is 2. The molecule has 0 spiro atoms. The van der Waals surface area contributed by atoms with Crippen molar-refractivity contribution in [3.8, 4) is 0 Å². The van der Waals surface area contributed by atoms with Crippen LogP contribution in [0.3, 0.4) is 0 Å². The Morgan fingerprint density at radius 2 is 1.95 bits per heavy atom. The highest BCUT2D eigenvalue weighted by Gasteiger charge is 2.16. The van der Waals surface area contributed by atoms with Crippen molar-refractivity contribution in [2.45, 2.75) is 46.3 Å². The third kappa shape index (κ3) is 5.01. The summed E-state index contributed by atoms with van der Waals surface area (Å²) < 4.78 is 14.1. The molecule has 0 aliphatic heterocycles. The van der Waals surface area contributed by atoms with E-state index in [-0.39, 0.29) is 30.1 Å². The summed E-state index contributed by atoms with van der Waals surface area (Å²) in [7, 11) is 1.82. The highest BCUT2D eigenvalue weighted by atomic mass is 19.1. The predicted octanol–water partition coefficient (Wildman–Crippen LogP) is 3.02. The molecule has 0 fully saturated rings. The third-order valence-corrected chi connectivity index (χ3v) is 3.55. The molecule has 1 amide bonds. The Morgan fingerprint density at radius 3 is 2.43 bits per heavy atom. The Hall–Kier alpha value is -1.62. The molecular formula is C16H25FN2O2. The second-order valence-corrected chi connectivity index (χ2v) is 5.93. The van der Waals surface area contributed by atoms with Gasteiger partial charge < -0.3 is 15.3 Å². The van der Waals surface area contributed by atoms with Gasteiger partial charge in [0.05, 0.1) is 18.2 Å². The quantitative estimate of drug-likeness (QED) is 0.848. The first-order valence-corrected chi connectivity index (χ1v) is 7.22. The highest BCUT2D eigenvalue weighted by Crippen LogP contribution is 2.23. The van der Waals surface area contributed by atoms with E-state index >= 15 is 0 Å². The zero-order chi connectivity index (χ0) is 16.2. The third-order valence-electron chi connectivity index (χ3n) is 3.55. The van der Waals surface area contributed by atoms with Crippen LogP contribution in [-0.4, -0.2) is 30.2 Å². The number of aliphatic hydroxyl groups excluding tert-OH is 1. The summed E-state index contributed by atoms with van der Waals surface area (Å²) in [6, 6.07) is 4.79. The van der Waals surface area contributed by atoms with Gasteiger partial charge >= 0.3 is 0 Å². The van der Waals surface area contributed by atoms with Crippen molar-refractivity contribution in [2.24, 2.45) is 5.92 Å². The molecule has 0 saturated heterocycles. The van der Waals surface area contributed by atoms with E-state index in [1.54, 1.807) is 12.1 Å². The van der Waals surface area contributed by atoms with Crippen LogP contribution in [0.4, 0.5) is 15.8 Å². The fraction of sp³-hybridized carbons (Fsp3) is 0.562. The first-order valence-electron chi connectivity index (χ1n) is 7.22. The maximum Gasteiger partial charge on any atom is 0.226 e. The summed E-state index contributed by atoms with van der Waals surface area (Å²) in [6.07, 6.45) is -0.686. The van der Waals surface area contributed by atoms with E-state index in [1.165, 1.54) is 6.07 Å². The molecule has 5 heteroatoms. The van der Waals surface area contributed by atoms with Crippen LogP contribution >= 0.6 is 0 Å². The van der Waals surface area contributed by atoms with Crippen LogP contribution in [0.5, 0.6) is 0 Å². The first-order chi connectivity index (χ1) is 9.72. The lowest BCUT2D eigenvalue weighted by molar-refractivity contribution is -0.118. The molecule has 0 aliphatic carbocycles. The van der Waals surface area contributed by atoms with Gasteiger partial charge in [-0.15, -0.1) is 0 Å². The summed E-state index contributed by atoms with van der Waals surface area (Å²) in [5, 5.41) is 12.3. The molecule has 0 aromatic heterocycles. The minimum Gasteiger partial charge on any atom is -0.392 e. The topological polar surface area (TPSA) is 52.6 Å². The molecule has 1 aromatic rings. The molecular weight excluding hydrogens is 271 g/mol. The van der Waals surface area contributed by atoms with E-state index < -0.39 is 6.10 Å². The molecule has 2 N–H and O–H groups in total. The zero-order valence-electron chi connectivity index (χ0n) is 13.4. The molecule has 0 heterocycles. The fourth-order valence-electron chi connectivity index (χ4n) is 1.79. The van der Waals surface area contributed by atoms with Gasteiger partial charge in [-0.2, -0.15) is 0 Å². The maximum absolute atomic E-state index is 14.1. The molecule has 1 rings (SSSR count). The van der Waals surface area contributed by atoms with Gasteiger partial charge in [0.1, 0.15) is 5.82 Å². The van der Waals surface area contributed by atoms with E-state index in [0.29, 0.717) is 11.4 Å². The monoisotopic (exact) mass is 296 g/mol. The molecule has 0 bridgehead atoms. The van der Waals surface area contributed by atoms with Crippen LogP contribution in [0.2, 0.25) is 0 Å². The van der Waals surface area contributed by atoms with Crippen molar-refractivity contribution in [3.05, 3.63) is 24.0 Å². The second kappa shape index (κ2) is 7.41. The molecule has 1 unspecified atom stereocenters. The van der Waals surface area contributed by atoms with Gasteiger partial charge in [0.2, 0.25) is 5.91 Å². The molecule has 0 aliphatic rings. The first kappa shape index (κ1) is 17.4. The summed E-state index contributed by atoms with van der Waals surface area (Å²) in [6.45, 7) is 7.63. The van der Waals surface area contributed by atoms with Crippen LogP contribution in [0.15, 0.2) is 18.2 Å². The number of nitrogens with one attached hydrogen (secondary N) is 1. The zero-order valence-corrected chi connectivity index (χ0v) is 13.4. The van der Waals surface area contributed by atoms with Crippen LogP contribution in [-0.2, 0) is 4.79 Å². The van der Waals surface area contributed by atoms with Crippen LogP contribution in [0.1, 0.15) is 34.1 Å². The molecule has 1 aromatic carbocycles. The summed E-state index contributed by atoms with van der Waals surface area (Å²) in [4.78, 5) is 13.6. The Kier molecular flexibility index (Phi) is 6.15. The molecule has 0 radical (unpaired) electrons. The molecule has 21 heavy (non-hydrogen) atoms. The molecule has 0 saturated carbocycles. The maximum atomic E-state index is 14.1. The van der Waals surface area contributed by atoms with Crippen LogP contribution < -0.4 is 10.2 Å². The minimum absolute atomic E-state index is 0.00688. The van der Waals surface area contributed by atoms with Gasteiger partial charge in [-0.1, -0.05) is 13.8 Å². The Bertz CT molecular complexity index is 489. The van der Waals surface area contributed by atoms with E-state index in [1.807, 2.05) is 39.6 Å². The minimum atomic E-state index is -0.693. The number of benzene rings is 1. The van der Waals surface area contributed by atoms with E-state index in [2.05, 4.69) is 5.32 Å². The average molecular weight is 296 g/mol. The summed E-state index contributed by atoms with van der Waals surface area (Å²) in [5.41, 5.74) is 0.888. The van der Waals surface area contributed by atoms with Crippen molar-refractivity contribution in [1.29, 1.82) is 0 Å². The number of carbonyl (C=O) groups excluding carboxylic acids is 1. The van der Waals surface area contributed by atoms with Crippen molar-refractivity contribution in [1.82, 2.24) is 0 Å². The molecule has 4 nitrogen and oxygen atoms in total. The number of hydrogen-bond acceptors (Lipinski definition) is 3. The van der Waals surface area contributed by atoms with Gasteiger partial charge in [-0.25, -0.2) is 4.39 Å². The molecule has 1 atom stereocenters. The summed E-state index contributed by atoms with van der Waals surface area (Å²) in [5.74, 6) is -0.691. The Labute approximate surface area is 126 Å². The average Bonchev–Trinajstić information content (AvgIpc) is 2.37. The smallest absolute Gasteiger partial charge is 0.226 e. The van der Waals surface area contributed by atoms with Gasteiger partial charge in [-0.05, 0) is 38.0 Å². The van der Waals surface area contributed by atoms with Crippen molar-refractivity contribution >= 4 is 17.3 Å². The van der Waals surface area contributed by atoms with Gasteiger partial charge in [-0.3, -0.25) is 4.79 Å². The van der Waals surface area contributed by atoms with Crippen molar-refractivity contribution in [3.63, 3.8) is 0 Å². The predicted molar refractivity (Wildman–Crippen MR) is 84.0 cm³/mol. The lowest BCUT2D eigenvalue weighted by atomic mass is 10.0. The molecule has 118 valence electrons. The Morgan fingerprint density at radius 1 is 1.33 bits per heavy atom. The number of hydrogen-bond donors (Lipinski definition) is 2. The number of halogens is 1. The van der Waals surface area contributed by atoms with Crippen molar-refractivity contribution in [2.75, 3.05) is 17.3 Å². The number of amides is 1. The Balaban J connectivity index is 2.74. The van der Waals surface area contributed by atoms with Gasteiger partial charge in [0, 0.05) is 18.8 Å². The number of nitrogens with zero attached hydrogens (tertiary/aromatic N) is 1. The van der Waals surface area contributed by atoms with E-state index in [0.717, 1.165) is 0 Å². The lowest BCUT2D eigenvalue weighted by Crippen LogP contribution is -2.26. The number of rotatable bonds is 6. The van der Waals surface area contributed by atoms with Gasteiger partial charge in [0.25, 0.3) is 0 Å². The largest absolute Gasteiger partial charge is 0.392 e. The van der Waals surface area contributed by atoms with E-state index in [9.17, 15) is 14.3 Å².